The third-order valence-electron chi connectivity index (χ3n) is 2.75. The van der Waals surface area contributed by atoms with Gasteiger partial charge in [0.25, 0.3) is 0 Å². The van der Waals surface area contributed by atoms with Crippen molar-refractivity contribution in [1.82, 2.24) is 4.90 Å². The smallest absolute Gasteiger partial charge is 0.330 e. The summed E-state index contributed by atoms with van der Waals surface area (Å²) in [6.45, 7) is 0.523. The number of carbonyl (C=O) groups is 2. The summed E-state index contributed by atoms with van der Waals surface area (Å²) in [6, 6.07) is 8.57. The van der Waals surface area contributed by atoms with Crippen molar-refractivity contribution < 1.29 is 14.7 Å². The van der Waals surface area contributed by atoms with E-state index >= 15 is 0 Å². The van der Waals surface area contributed by atoms with Crippen LogP contribution in [0.4, 0.5) is 0 Å². The summed E-state index contributed by atoms with van der Waals surface area (Å²) in [5, 5.41) is 9.06. The van der Waals surface area contributed by atoms with Gasteiger partial charge in [0.05, 0.1) is 0 Å². The summed E-state index contributed by atoms with van der Waals surface area (Å²) in [6.07, 6.45) is 3.72. The highest BCUT2D eigenvalue weighted by molar-refractivity contribution is 5.89. The van der Waals surface area contributed by atoms with E-state index in [0.29, 0.717) is 13.0 Å². The van der Waals surface area contributed by atoms with Crippen molar-refractivity contribution in [3.05, 3.63) is 42.0 Å². The number of carboxylic acid groups (broad SMARTS) is 1. The fourth-order valence-corrected chi connectivity index (χ4v) is 1.71. The molecule has 1 heterocycles. The van der Waals surface area contributed by atoms with Crippen molar-refractivity contribution in [2.75, 3.05) is 6.54 Å². The molecule has 1 saturated heterocycles. The van der Waals surface area contributed by atoms with E-state index in [-0.39, 0.29) is 5.91 Å². The molecular weight excluding hydrogens is 218 g/mol. The summed E-state index contributed by atoms with van der Waals surface area (Å²) >= 11 is 0. The first-order valence-electron chi connectivity index (χ1n) is 5.44. The van der Waals surface area contributed by atoms with E-state index in [2.05, 4.69) is 0 Å². The molecule has 1 aliphatic rings. The Bertz CT molecular complexity index is 453. The average molecular weight is 231 g/mol. The van der Waals surface area contributed by atoms with Crippen molar-refractivity contribution in [3.8, 4) is 0 Å². The van der Waals surface area contributed by atoms with Crippen molar-refractivity contribution in [2.24, 2.45) is 0 Å². The van der Waals surface area contributed by atoms with Crippen LogP contribution in [0, 0.1) is 0 Å². The summed E-state index contributed by atoms with van der Waals surface area (Å²) < 4.78 is 0. The minimum Gasteiger partial charge on any atom is -0.479 e. The second-order valence-corrected chi connectivity index (χ2v) is 3.89. The third kappa shape index (κ3) is 2.53. The number of hydrogen-bond donors (Lipinski definition) is 1. The predicted octanol–water partition coefficient (Wildman–Crippen LogP) is 1.39. The molecule has 1 atom stereocenters. The number of nitrogens with zero attached hydrogens (tertiary/aromatic N) is 1. The van der Waals surface area contributed by atoms with E-state index in [4.69, 9.17) is 5.11 Å². The van der Waals surface area contributed by atoms with Gasteiger partial charge < -0.3 is 10.0 Å². The first kappa shape index (κ1) is 11.4. The molecule has 4 heteroatoms. The molecule has 1 amide bonds. The number of hydrogen-bond acceptors (Lipinski definition) is 2. The van der Waals surface area contributed by atoms with Gasteiger partial charge in [-0.05, 0) is 5.56 Å². The van der Waals surface area contributed by atoms with Gasteiger partial charge in [-0.1, -0.05) is 42.5 Å². The molecule has 1 N–H and O–H groups in total. The van der Waals surface area contributed by atoms with E-state index in [0.717, 1.165) is 5.56 Å². The van der Waals surface area contributed by atoms with Gasteiger partial charge in [0.2, 0.25) is 5.91 Å². The maximum Gasteiger partial charge on any atom is 0.330 e. The highest BCUT2D eigenvalue weighted by atomic mass is 16.4. The minimum atomic E-state index is -0.995. The van der Waals surface area contributed by atoms with Crippen LogP contribution in [0.1, 0.15) is 12.0 Å². The van der Waals surface area contributed by atoms with Gasteiger partial charge in [0.15, 0.2) is 0 Å². The number of likely N-dealkylation sites (tertiary alicyclic amines) is 1. The molecule has 1 fully saturated rings. The Morgan fingerprint density at radius 2 is 2.06 bits per heavy atom. The largest absolute Gasteiger partial charge is 0.479 e. The Labute approximate surface area is 99.2 Å². The third-order valence-corrected chi connectivity index (χ3v) is 2.75. The number of amides is 1. The van der Waals surface area contributed by atoms with Crippen molar-refractivity contribution in [1.29, 1.82) is 0 Å². The first-order chi connectivity index (χ1) is 8.18. The summed E-state index contributed by atoms with van der Waals surface area (Å²) in [4.78, 5) is 23.6. The fraction of sp³-hybridized carbons (Fsp3) is 0.231. The molecule has 0 aliphatic carbocycles. The molecule has 1 aromatic rings. The van der Waals surface area contributed by atoms with E-state index < -0.39 is 12.0 Å². The van der Waals surface area contributed by atoms with Crippen LogP contribution in [0.25, 0.3) is 6.08 Å². The van der Waals surface area contributed by atoms with E-state index in [1.807, 2.05) is 30.3 Å². The fourth-order valence-electron chi connectivity index (χ4n) is 1.71. The normalized spacial score (nSPS) is 16.9. The minimum absolute atomic E-state index is 0.102. The van der Waals surface area contributed by atoms with Crippen LogP contribution in [-0.4, -0.2) is 34.5 Å². The lowest BCUT2D eigenvalue weighted by Gasteiger charge is -2.34. The number of aliphatic carboxylic acids is 1. The van der Waals surface area contributed by atoms with Gasteiger partial charge in [0.1, 0.15) is 6.04 Å². The van der Waals surface area contributed by atoms with Crippen LogP contribution in [0.5, 0.6) is 0 Å². The quantitative estimate of drug-likeness (QED) is 0.796. The van der Waals surface area contributed by atoms with Gasteiger partial charge in [-0.15, -0.1) is 0 Å². The number of β-lactam (4-membered cyclic amide) rings is 1. The highest BCUT2D eigenvalue weighted by Gasteiger charge is 2.33. The summed E-state index contributed by atoms with van der Waals surface area (Å²) in [5.41, 5.74) is 0.923. The lowest BCUT2D eigenvalue weighted by Crippen LogP contribution is -2.52. The van der Waals surface area contributed by atoms with Crippen molar-refractivity contribution >= 4 is 18.0 Å². The van der Waals surface area contributed by atoms with E-state index in [9.17, 15) is 9.59 Å². The molecule has 88 valence electrons. The number of benzene rings is 1. The van der Waals surface area contributed by atoms with Crippen molar-refractivity contribution in [2.45, 2.75) is 12.5 Å². The Kier molecular flexibility index (Phi) is 3.23. The van der Waals surface area contributed by atoms with Crippen LogP contribution < -0.4 is 0 Å². The van der Waals surface area contributed by atoms with E-state index in [1.165, 1.54) is 4.90 Å². The van der Waals surface area contributed by atoms with E-state index in [1.54, 1.807) is 12.2 Å². The molecule has 0 bridgehead atoms. The monoisotopic (exact) mass is 231 g/mol. The Balaban J connectivity index is 2.11. The second-order valence-electron chi connectivity index (χ2n) is 3.89. The molecule has 0 saturated carbocycles. The lowest BCUT2D eigenvalue weighted by molar-refractivity contribution is -0.153. The topological polar surface area (TPSA) is 57.6 Å². The van der Waals surface area contributed by atoms with Gasteiger partial charge in [-0.2, -0.15) is 0 Å². The van der Waals surface area contributed by atoms with Crippen LogP contribution in [0.15, 0.2) is 36.4 Å². The van der Waals surface area contributed by atoms with Crippen LogP contribution >= 0.6 is 0 Å². The zero-order chi connectivity index (χ0) is 12.3. The van der Waals surface area contributed by atoms with Gasteiger partial charge >= 0.3 is 5.97 Å². The molecule has 0 aromatic heterocycles. The molecule has 0 radical (unpaired) electrons. The van der Waals surface area contributed by atoms with Gasteiger partial charge in [-0.25, -0.2) is 4.79 Å². The molecule has 17 heavy (non-hydrogen) atoms. The Hall–Kier alpha value is -2.10. The summed E-state index contributed by atoms with van der Waals surface area (Å²) in [7, 11) is 0. The van der Waals surface area contributed by atoms with Crippen LogP contribution in [0.2, 0.25) is 0 Å². The zero-order valence-corrected chi connectivity index (χ0v) is 9.24. The Morgan fingerprint density at radius 3 is 2.53 bits per heavy atom. The average Bonchev–Trinajstić information content (AvgIpc) is 2.33. The van der Waals surface area contributed by atoms with Crippen LogP contribution in [-0.2, 0) is 9.59 Å². The SMILES string of the molecule is O=C(O)[C@@H](C=Cc1ccccc1)N1CCC1=O. The highest BCUT2D eigenvalue weighted by Crippen LogP contribution is 2.15. The number of carbonyl (C=O) groups excluding carboxylic acids is 1. The van der Waals surface area contributed by atoms with Crippen molar-refractivity contribution in [3.63, 3.8) is 0 Å². The molecular formula is C13H13NO3. The molecule has 1 aliphatic heterocycles. The number of carboxylic acids is 1. The summed E-state index contributed by atoms with van der Waals surface area (Å²) in [5.74, 6) is -1.10. The predicted molar refractivity (Wildman–Crippen MR) is 63.2 cm³/mol. The maximum absolute atomic E-state index is 11.2. The number of rotatable bonds is 4. The first-order valence-corrected chi connectivity index (χ1v) is 5.44. The molecule has 0 unspecified atom stereocenters. The standard InChI is InChI=1S/C13H13NO3/c15-12-8-9-14(12)11(13(16)17)7-6-10-4-2-1-3-5-10/h1-7,11H,8-9H2,(H,16,17)/t11-/m1/s1. The molecule has 4 nitrogen and oxygen atoms in total. The zero-order valence-electron chi connectivity index (χ0n) is 9.24. The lowest BCUT2D eigenvalue weighted by atomic mass is 10.1. The molecule has 1 aromatic carbocycles. The van der Waals surface area contributed by atoms with Gasteiger partial charge in [-0.3, -0.25) is 4.79 Å². The second kappa shape index (κ2) is 4.82. The maximum atomic E-state index is 11.2. The Morgan fingerprint density at radius 1 is 1.35 bits per heavy atom. The molecule has 0 spiro atoms. The van der Waals surface area contributed by atoms with Gasteiger partial charge in [0, 0.05) is 13.0 Å². The molecule has 2 rings (SSSR count). The van der Waals surface area contributed by atoms with Crippen LogP contribution in [0.3, 0.4) is 0 Å².